The van der Waals surface area contributed by atoms with Crippen molar-refractivity contribution in [2.45, 2.75) is 13.0 Å². The highest BCUT2D eigenvalue weighted by Gasteiger charge is 2.11. The largest absolute Gasteiger partial charge is 0.487 e. The number of nitrogens with zero attached hydrogens (tertiary/aromatic N) is 3. The molecule has 4 aromatic rings. The normalized spacial score (nSPS) is 11.5. The molecule has 0 fully saturated rings. The molecule has 1 atom stereocenters. The van der Waals surface area contributed by atoms with Crippen molar-refractivity contribution in [1.29, 1.82) is 0 Å². The number of anilines is 1. The summed E-state index contributed by atoms with van der Waals surface area (Å²) in [5.74, 6) is 0.164. The first kappa shape index (κ1) is 20.9. The molecule has 32 heavy (non-hydrogen) atoms. The minimum Gasteiger partial charge on any atom is -0.487 e. The summed E-state index contributed by atoms with van der Waals surface area (Å²) in [5.41, 5.74) is 2.23. The molecule has 3 aromatic heterocycles. The highest BCUT2D eigenvalue weighted by molar-refractivity contribution is 6.03. The Morgan fingerprint density at radius 3 is 2.66 bits per heavy atom. The van der Waals surface area contributed by atoms with Gasteiger partial charge >= 0.3 is 0 Å². The van der Waals surface area contributed by atoms with Gasteiger partial charge in [0.2, 0.25) is 0 Å². The molecule has 0 radical (unpaired) electrons. The number of hydrogen-bond acceptors (Lipinski definition) is 6. The van der Waals surface area contributed by atoms with E-state index in [2.05, 4.69) is 20.7 Å². The van der Waals surface area contributed by atoms with E-state index in [1.807, 2.05) is 13.0 Å². The third-order valence-corrected chi connectivity index (χ3v) is 4.54. The number of hydrogen-bond donors (Lipinski definition) is 2. The number of carbonyl (C=O) groups excluding carboxylic acids is 2. The van der Waals surface area contributed by atoms with Crippen molar-refractivity contribution in [3.05, 3.63) is 90.9 Å². The summed E-state index contributed by atoms with van der Waals surface area (Å²) < 4.78 is 12.2. The van der Waals surface area contributed by atoms with Gasteiger partial charge in [-0.1, -0.05) is 0 Å². The fourth-order valence-corrected chi connectivity index (χ4v) is 2.92. The lowest BCUT2D eigenvalue weighted by Crippen LogP contribution is -2.33. The van der Waals surface area contributed by atoms with Crippen LogP contribution in [0.1, 0.15) is 27.6 Å². The van der Waals surface area contributed by atoms with Gasteiger partial charge in [0.1, 0.15) is 18.1 Å². The molecule has 0 aliphatic heterocycles. The van der Waals surface area contributed by atoms with Gasteiger partial charge < -0.3 is 19.8 Å². The van der Waals surface area contributed by atoms with E-state index >= 15 is 0 Å². The van der Waals surface area contributed by atoms with Crippen molar-refractivity contribution in [3.8, 4) is 11.4 Å². The van der Waals surface area contributed by atoms with E-state index in [1.165, 1.54) is 12.5 Å². The SMILES string of the molecule is CC(CNC(=O)c1ccc(-n2cc(NC(=O)c3ccoc3)cn2)cc1)Oc1cccnc1. The van der Waals surface area contributed by atoms with Crippen LogP contribution in [0.15, 0.2) is 84.2 Å². The van der Waals surface area contributed by atoms with Crippen LogP contribution in [0.25, 0.3) is 5.69 Å². The maximum atomic E-state index is 12.4. The van der Waals surface area contributed by atoms with Crippen LogP contribution in [0.3, 0.4) is 0 Å². The maximum absolute atomic E-state index is 12.4. The lowest BCUT2D eigenvalue weighted by molar-refractivity contribution is 0.0931. The average Bonchev–Trinajstić information content (AvgIpc) is 3.51. The number of nitrogens with one attached hydrogen (secondary N) is 2. The van der Waals surface area contributed by atoms with Crippen LogP contribution in [0, 0.1) is 0 Å². The summed E-state index contributed by atoms with van der Waals surface area (Å²) in [6.45, 7) is 2.23. The quantitative estimate of drug-likeness (QED) is 0.443. The molecule has 2 N–H and O–H groups in total. The Balaban J connectivity index is 1.31. The van der Waals surface area contributed by atoms with Gasteiger partial charge in [-0.25, -0.2) is 4.68 Å². The highest BCUT2D eigenvalue weighted by atomic mass is 16.5. The van der Waals surface area contributed by atoms with Crippen LogP contribution in [-0.2, 0) is 0 Å². The Hall–Kier alpha value is -4.40. The van der Waals surface area contributed by atoms with E-state index < -0.39 is 0 Å². The molecule has 0 saturated carbocycles. The Kier molecular flexibility index (Phi) is 6.26. The zero-order chi connectivity index (χ0) is 22.3. The predicted molar refractivity (Wildman–Crippen MR) is 117 cm³/mol. The van der Waals surface area contributed by atoms with E-state index in [4.69, 9.17) is 9.15 Å². The van der Waals surface area contributed by atoms with Gasteiger partial charge in [-0.15, -0.1) is 0 Å². The molecular formula is C23H21N5O4. The van der Waals surface area contributed by atoms with Crippen LogP contribution in [0.5, 0.6) is 5.75 Å². The van der Waals surface area contributed by atoms with E-state index in [0.717, 1.165) is 5.69 Å². The van der Waals surface area contributed by atoms with Gasteiger partial charge in [0.15, 0.2) is 0 Å². The second-order valence-corrected chi connectivity index (χ2v) is 7.01. The molecule has 0 aliphatic rings. The Bertz CT molecular complexity index is 1170. The molecule has 9 heteroatoms. The number of ether oxygens (including phenoxy) is 1. The lowest BCUT2D eigenvalue weighted by Gasteiger charge is -2.15. The summed E-state index contributed by atoms with van der Waals surface area (Å²) in [6.07, 6.45) is 9.12. The first-order valence-corrected chi connectivity index (χ1v) is 9.92. The van der Waals surface area contributed by atoms with Gasteiger partial charge in [-0.2, -0.15) is 5.10 Å². The molecule has 0 aliphatic carbocycles. The second-order valence-electron chi connectivity index (χ2n) is 7.01. The number of furan rings is 1. The first-order valence-electron chi connectivity index (χ1n) is 9.92. The molecule has 1 aromatic carbocycles. The minimum absolute atomic E-state index is 0.202. The Labute approximate surface area is 184 Å². The molecule has 0 saturated heterocycles. The predicted octanol–water partition coefficient (Wildman–Crippen LogP) is 3.31. The molecule has 2 amide bonds. The number of benzene rings is 1. The molecule has 1 unspecified atom stereocenters. The fraction of sp³-hybridized carbons (Fsp3) is 0.130. The van der Waals surface area contributed by atoms with Crippen LogP contribution in [0.2, 0.25) is 0 Å². The summed E-state index contributed by atoms with van der Waals surface area (Å²) in [6, 6.07) is 12.2. The topological polar surface area (TPSA) is 111 Å². The van der Waals surface area contributed by atoms with Crippen LogP contribution < -0.4 is 15.4 Å². The number of amides is 2. The smallest absolute Gasteiger partial charge is 0.259 e. The molecule has 0 spiro atoms. The zero-order valence-corrected chi connectivity index (χ0v) is 17.3. The van der Waals surface area contributed by atoms with Gasteiger partial charge in [0, 0.05) is 11.8 Å². The summed E-state index contributed by atoms with van der Waals surface area (Å²) in [7, 11) is 0. The minimum atomic E-state index is -0.285. The van der Waals surface area contributed by atoms with E-state index in [-0.39, 0.29) is 17.9 Å². The standard InChI is InChI=1S/C23H21N5O4/c1-16(32-21-3-2-9-24-13-21)11-25-22(29)17-4-6-20(7-5-17)28-14-19(12-26-28)27-23(30)18-8-10-31-15-18/h2-10,12-16H,11H2,1H3,(H,25,29)(H,27,30). The zero-order valence-electron chi connectivity index (χ0n) is 17.3. The van der Waals surface area contributed by atoms with Crippen molar-refractivity contribution >= 4 is 17.5 Å². The van der Waals surface area contributed by atoms with Crippen LogP contribution >= 0.6 is 0 Å². The average molecular weight is 431 g/mol. The van der Waals surface area contributed by atoms with Crippen LogP contribution in [0.4, 0.5) is 5.69 Å². The van der Waals surface area contributed by atoms with E-state index in [1.54, 1.807) is 65.9 Å². The summed E-state index contributed by atoms with van der Waals surface area (Å²) >= 11 is 0. The monoisotopic (exact) mass is 431 g/mol. The van der Waals surface area contributed by atoms with E-state index in [9.17, 15) is 9.59 Å². The third-order valence-electron chi connectivity index (χ3n) is 4.54. The van der Waals surface area contributed by atoms with Gasteiger partial charge in [-0.05, 0) is 49.4 Å². The molecule has 162 valence electrons. The molecule has 4 rings (SSSR count). The molecule has 3 heterocycles. The number of aromatic nitrogens is 3. The second kappa shape index (κ2) is 9.61. The van der Waals surface area contributed by atoms with Gasteiger partial charge in [0.05, 0.1) is 48.3 Å². The summed E-state index contributed by atoms with van der Waals surface area (Å²) in [5, 5.41) is 9.85. The van der Waals surface area contributed by atoms with Crippen LogP contribution in [-0.4, -0.2) is 39.2 Å². The maximum Gasteiger partial charge on any atom is 0.259 e. The fourth-order valence-electron chi connectivity index (χ4n) is 2.92. The van der Waals surface area contributed by atoms with Crippen molar-refractivity contribution in [1.82, 2.24) is 20.1 Å². The summed E-state index contributed by atoms with van der Waals surface area (Å²) in [4.78, 5) is 28.5. The number of pyridine rings is 1. The lowest BCUT2D eigenvalue weighted by atomic mass is 10.2. The number of rotatable bonds is 8. The third kappa shape index (κ3) is 5.20. The Morgan fingerprint density at radius 1 is 1.09 bits per heavy atom. The number of carbonyl (C=O) groups is 2. The highest BCUT2D eigenvalue weighted by Crippen LogP contribution is 2.14. The molecule has 0 bridgehead atoms. The Morgan fingerprint density at radius 2 is 1.94 bits per heavy atom. The van der Waals surface area contributed by atoms with Crippen molar-refractivity contribution in [2.75, 3.05) is 11.9 Å². The van der Waals surface area contributed by atoms with Gasteiger partial charge in [-0.3, -0.25) is 14.6 Å². The molecule has 9 nitrogen and oxygen atoms in total. The van der Waals surface area contributed by atoms with Gasteiger partial charge in [0.25, 0.3) is 11.8 Å². The van der Waals surface area contributed by atoms with Crippen molar-refractivity contribution < 1.29 is 18.7 Å². The van der Waals surface area contributed by atoms with Crippen molar-refractivity contribution in [2.24, 2.45) is 0 Å². The first-order chi connectivity index (χ1) is 15.6. The van der Waals surface area contributed by atoms with E-state index in [0.29, 0.717) is 29.1 Å². The van der Waals surface area contributed by atoms with Crippen molar-refractivity contribution in [3.63, 3.8) is 0 Å². The molecular weight excluding hydrogens is 410 g/mol.